The van der Waals surface area contributed by atoms with Gasteiger partial charge in [0.25, 0.3) is 0 Å². The molecule has 0 amide bonds. The van der Waals surface area contributed by atoms with E-state index >= 15 is 0 Å². The van der Waals surface area contributed by atoms with Crippen LogP contribution in [0.25, 0.3) is 0 Å². The van der Waals surface area contributed by atoms with Gasteiger partial charge in [-0.05, 0) is 52.5 Å². The van der Waals surface area contributed by atoms with Crippen molar-refractivity contribution >= 4 is 15.9 Å². The maximum absolute atomic E-state index is 13.2. The minimum atomic E-state index is -0.262. The number of hydrogen-bond donors (Lipinski definition) is 1. The van der Waals surface area contributed by atoms with Crippen LogP contribution in [-0.4, -0.2) is 13.7 Å². The van der Waals surface area contributed by atoms with E-state index in [-0.39, 0.29) is 5.82 Å². The first-order valence-electron chi connectivity index (χ1n) is 4.80. The van der Waals surface area contributed by atoms with Crippen LogP contribution in [0.3, 0.4) is 0 Å². The molecule has 15 heavy (non-hydrogen) atoms. The minimum absolute atomic E-state index is 0.262. The summed E-state index contributed by atoms with van der Waals surface area (Å²) in [4.78, 5) is 0. The van der Waals surface area contributed by atoms with E-state index in [2.05, 4.69) is 15.9 Å². The molecule has 1 atom stereocenters. The van der Waals surface area contributed by atoms with Gasteiger partial charge in [0.15, 0.2) is 0 Å². The van der Waals surface area contributed by atoms with Crippen LogP contribution in [0.15, 0.2) is 16.6 Å². The Labute approximate surface area is 97.7 Å². The average Bonchev–Trinajstić information content (AvgIpc) is 2.17. The van der Waals surface area contributed by atoms with Crippen LogP contribution in [0, 0.1) is 11.7 Å². The molecule has 0 aliphatic heterocycles. The third-order valence-corrected chi connectivity index (χ3v) is 2.85. The smallest absolute Gasteiger partial charge is 0.136 e. The van der Waals surface area contributed by atoms with Crippen molar-refractivity contribution in [2.75, 3.05) is 13.7 Å². The van der Waals surface area contributed by atoms with Crippen molar-refractivity contribution in [1.82, 2.24) is 0 Å². The lowest BCUT2D eigenvalue weighted by Crippen LogP contribution is -2.13. The standard InChI is InChI=1S/C11H15BrFNO/c1-7(6-14)3-8-4-9(13)5-10(12)11(8)15-2/h4-5,7H,3,6,14H2,1-2H3. The molecular formula is C11H15BrFNO. The fraction of sp³-hybridized carbons (Fsp3) is 0.455. The number of nitrogens with two attached hydrogens (primary N) is 1. The highest BCUT2D eigenvalue weighted by Gasteiger charge is 2.12. The molecule has 84 valence electrons. The molecule has 1 aromatic rings. The second kappa shape index (κ2) is 5.47. The van der Waals surface area contributed by atoms with Crippen molar-refractivity contribution in [3.8, 4) is 5.75 Å². The highest BCUT2D eigenvalue weighted by molar-refractivity contribution is 9.10. The van der Waals surface area contributed by atoms with Gasteiger partial charge in [-0.2, -0.15) is 0 Å². The Kier molecular flexibility index (Phi) is 4.54. The molecule has 1 aromatic carbocycles. The van der Waals surface area contributed by atoms with Gasteiger partial charge in [0, 0.05) is 0 Å². The number of ether oxygens (including phenoxy) is 1. The van der Waals surface area contributed by atoms with Gasteiger partial charge in [-0.1, -0.05) is 6.92 Å². The molecule has 0 aliphatic carbocycles. The summed E-state index contributed by atoms with van der Waals surface area (Å²) < 4.78 is 19.0. The summed E-state index contributed by atoms with van der Waals surface area (Å²) in [5.41, 5.74) is 6.39. The minimum Gasteiger partial charge on any atom is -0.495 e. The van der Waals surface area contributed by atoms with E-state index in [1.807, 2.05) is 6.92 Å². The largest absolute Gasteiger partial charge is 0.495 e. The third-order valence-electron chi connectivity index (χ3n) is 2.26. The zero-order chi connectivity index (χ0) is 11.4. The highest BCUT2D eigenvalue weighted by Crippen LogP contribution is 2.31. The summed E-state index contributed by atoms with van der Waals surface area (Å²) in [7, 11) is 1.58. The van der Waals surface area contributed by atoms with Gasteiger partial charge < -0.3 is 10.5 Å². The van der Waals surface area contributed by atoms with E-state index in [0.29, 0.717) is 22.7 Å². The Morgan fingerprint density at radius 1 is 1.53 bits per heavy atom. The molecule has 0 aromatic heterocycles. The molecule has 0 radical (unpaired) electrons. The van der Waals surface area contributed by atoms with Gasteiger partial charge in [0.05, 0.1) is 11.6 Å². The first-order chi connectivity index (χ1) is 7.08. The zero-order valence-corrected chi connectivity index (χ0v) is 10.5. The molecule has 0 saturated carbocycles. The van der Waals surface area contributed by atoms with E-state index in [9.17, 15) is 4.39 Å². The number of hydrogen-bond acceptors (Lipinski definition) is 2. The highest BCUT2D eigenvalue weighted by atomic mass is 79.9. The Morgan fingerprint density at radius 2 is 2.20 bits per heavy atom. The van der Waals surface area contributed by atoms with Gasteiger partial charge in [0.2, 0.25) is 0 Å². The van der Waals surface area contributed by atoms with Crippen molar-refractivity contribution in [2.45, 2.75) is 13.3 Å². The molecule has 1 unspecified atom stereocenters. The predicted molar refractivity (Wildman–Crippen MR) is 62.6 cm³/mol. The van der Waals surface area contributed by atoms with Crippen LogP contribution in [0.1, 0.15) is 12.5 Å². The van der Waals surface area contributed by atoms with Gasteiger partial charge in [-0.3, -0.25) is 0 Å². The molecular weight excluding hydrogens is 261 g/mol. The molecule has 4 heteroatoms. The molecule has 0 heterocycles. The maximum atomic E-state index is 13.2. The molecule has 0 aliphatic rings. The van der Waals surface area contributed by atoms with Crippen LogP contribution in [-0.2, 0) is 6.42 Å². The van der Waals surface area contributed by atoms with Gasteiger partial charge in [0.1, 0.15) is 11.6 Å². The SMILES string of the molecule is COc1c(Br)cc(F)cc1CC(C)CN. The predicted octanol–water partition coefficient (Wildman–Crippen LogP) is 2.73. The number of benzene rings is 1. The summed E-state index contributed by atoms with van der Waals surface area (Å²) >= 11 is 3.27. The summed E-state index contributed by atoms with van der Waals surface area (Å²) in [6.07, 6.45) is 0.718. The fourth-order valence-corrected chi connectivity index (χ4v) is 2.09. The molecule has 0 fully saturated rings. The second-order valence-electron chi connectivity index (χ2n) is 3.62. The van der Waals surface area contributed by atoms with Crippen molar-refractivity contribution in [2.24, 2.45) is 11.7 Å². The van der Waals surface area contributed by atoms with Gasteiger partial charge in [-0.25, -0.2) is 4.39 Å². The van der Waals surface area contributed by atoms with E-state index in [0.717, 1.165) is 12.0 Å². The monoisotopic (exact) mass is 275 g/mol. The Balaban J connectivity index is 3.03. The third kappa shape index (κ3) is 3.18. The average molecular weight is 276 g/mol. The topological polar surface area (TPSA) is 35.2 Å². The number of rotatable bonds is 4. The van der Waals surface area contributed by atoms with E-state index in [1.54, 1.807) is 7.11 Å². The Bertz CT molecular complexity index is 344. The van der Waals surface area contributed by atoms with E-state index in [4.69, 9.17) is 10.5 Å². The maximum Gasteiger partial charge on any atom is 0.136 e. The van der Waals surface area contributed by atoms with Crippen LogP contribution in [0.4, 0.5) is 4.39 Å². The summed E-state index contributed by atoms with van der Waals surface area (Å²) in [6.45, 7) is 2.61. The molecule has 0 spiro atoms. The van der Waals surface area contributed by atoms with Crippen LogP contribution < -0.4 is 10.5 Å². The lowest BCUT2D eigenvalue weighted by Gasteiger charge is -2.13. The molecule has 2 nitrogen and oxygen atoms in total. The first kappa shape index (κ1) is 12.5. The molecule has 2 N–H and O–H groups in total. The lowest BCUT2D eigenvalue weighted by atomic mass is 10.0. The normalized spacial score (nSPS) is 12.6. The van der Waals surface area contributed by atoms with Crippen LogP contribution in [0.2, 0.25) is 0 Å². The summed E-state index contributed by atoms with van der Waals surface area (Å²) in [6, 6.07) is 2.89. The number of halogens is 2. The lowest BCUT2D eigenvalue weighted by molar-refractivity contribution is 0.401. The van der Waals surface area contributed by atoms with Crippen LogP contribution in [0.5, 0.6) is 5.75 Å². The van der Waals surface area contributed by atoms with Crippen LogP contribution >= 0.6 is 15.9 Å². The van der Waals surface area contributed by atoms with E-state index < -0.39 is 0 Å². The zero-order valence-electron chi connectivity index (χ0n) is 8.89. The quantitative estimate of drug-likeness (QED) is 0.917. The second-order valence-corrected chi connectivity index (χ2v) is 4.48. The van der Waals surface area contributed by atoms with Crippen molar-refractivity contribution in [3.05, 3.63) is 28.0 Å². The summed E-state index contributed by atoms with van der Waals surface area (Å²) in [5.74, 6) is 0.742. The van der Waals surface area contributed by atoms with Gasteiger partial charge in [-0.15, -0.1) is 0 Å². The number of methoxy groups -OCH3 is 1. The fourth-order valence-electron chi connectivity index (χ4n) is 1.45. The molecule has 1 rings (SSSR count). The van der Waals surface area contributed by atoms with Crippen molar-refractivity contribution in [1.29, 1.82) is 0 Å². The molecule has 0 bridgehead atoms. The Morgan fingerprint density at radius 3 is 2.73 bits per heavy atom. The first-order valence-corrected chi connectivity index (χ1v) is 5.59. The van der Waals surface area contributed by atoms with Gasteiger partial charge >= 0.3 is 0 Å². The van der Waals surface area contributed by atoms with Crippen molar-refractivity contribution < 1.29 is 9.13 Å². The molecule has 0 saturated heterocycles. The van der Waals surface area contributed by atoms with Crippen molar-refractivity contribution in [3.63, 3.8) is 0 Å². The summed E-state index contributed by atoms with van der Waals surface area (Å²) in [5, 5.41) is 0. The Hall–Kier alpha value is -0.610. The van der Waals surface area contributed by atoms with E-state index in [1.165, 1.54) is 12.1 Å².